The van der Waals surface area contributed by atoms with E-state index >= 15 is 0 Å². The molecule has 0 saturated heterocycles. The van der Waals surface area contributed by atoms with E-state index in [4.69, 9.17) is 9.47 Å². The predicted octanol–water partition coefficient (Wildman–Crippen LogP) is 11.1. The maximum atomic E-state index is 10.1. The summed E-state index contributed by atoms with van der Waals surface area (Å²) in [4.78, 5) is 0. The van der Waals surface area contributed by atoms with Crippen molar-refractivity contribution in [2.75, 3.05) is 26.4 Å². The molecule has 0 unspecified atom stereocenters. The molecular formula is C48H38O4. The first-order valence-electron chi connectivity index (χ1n) is 17.6. The van der Waals surface area contributed by atoms with Gasteiger partial charge in [-0.1, -0.05) is 158 Å². The van der Waals surface area contributed by atoms with E-state index in [0.29, 0.717) is 11.5 Å². The van der Waals surface area contributed by atoms with Gasteiger partial charge in [0.25, 0.3) is 0 Å². The fraction of sp³-hybridized carbons (Fsp3) is 0.0833. The number of rotatable bonds is 11. The van der Waals surface area contributed by atoms with Crippen LogP contribution in [-0.2, 0) is 0 Å². The Morgan fingerprint density at radius 2 is 0.769 bits per heavy atom. The van der Waals surface area contributed by atoms with Gasteiger partial charge in [0.15, 0.2) is 11.5 Å². The molecule has 0 fully saturated rings. The van der Waals surface area contributed by atoms with Crippen molar-refractivity contribution >= 4 is 21.5 Å². The van der Waals surface area contributed by atoms with Gasteiger partial charge in [0, 0.05) is 11.1 Å². The van der Waals surface area contributed by atoms with E-state index < -0.39 is 0 Å². The number of aliphatic hydroxyl groups excluding tert-OH is 2. The van der Waals surface area contributed by atoms with Crippen molar-refractivity contribution in [3.63, 3.8) is 0 Å². The van der Waals surface area contributed by atoms with E-state index in [-0.39, 0.29) is 26.4 Å². The van der Waals surface area contributed by atoms with Crippen LogP contribution in [0.4, 0.5) is 0 Å². The Morgan fingerprint density at radius 3 is 1.31 bits per heavy atom. The fourth-order valence-corrected chi connectivity index (χ4v) is 7.23. The van der Waals surface area contributed by atoms with Crippen molar-refractivity contribution in [2.24, 2.45) is 0 Å². The van der Waals surface area contributed by atoms with Crippen molar-refractivity contribution in [2.45, 2.75) is 0 Å². The minimum Gasteiger partial charge on any atom is -0.487 e. The molecule has 0 amide bonds. The molecule has 254 valence electrons. The second-order valence-electron chi connectivity index (χ2n) is 12.7. The van der Waals surface area contributed by atoms with Gasteiger partial charge in [-0.05, 0) is 78.2 Å². The first-order valence-corrected chi connectivity index (χ1v) is 17.6. The molecule has 0 aliphatic carbocycles. The van der Waals surface area contributed by atoms with Gasteiger partial charge >= 0.3 is 0 Å². The highest BCUT2D eigenvalue weighted by Gasteiger charge is 2.26. The molecule has 0 spiro atoms. The summed E-state index contributed by atoms with van der Waals surface area (Å²) in [6.07, 6.45) is 0. The quantitative estimate of drug-likeness (QED) is 0.143. The minimum atomic E-state index is -0.168. The number of ether oxygens (including phenoxy) is 2. The molecule has 8 aromatic rings. The average molecular weight is 679 g/mol. The lowest BCUT2D eigenvalue weighted by atomic mass is 9.85. The molecule has 0 radical (unpaired) electrons. The molecule has 8 rings (SSSR count). The zero-order valence-electron chi connectivity index (χ0n) is 28.7. The van der Waals surface area contributed by atoms with Gasteiger partial charge in [0.1, 0.15) is 13.2 Å². The number of benzene rings is 8. The van der Waals surface area contributed by atoms with Crippen LogP contribution < -0.4 is 9.47 Å². The van der Waals surface area contributed by atoms with E-state index in [1.807, 2.05) is 36.4 Å². The van der Waals surface area contributed by atoms with Crippen molar-refractivity contribution in [3.8, 4) is 67.1 Å². The van der Waals surface area contributed by atoms with Crippen molar-refractivity contribution < 1.29 is 19.7 Å². The lowest BCUT2D eigenvalue weighted by Crippen LogP contribution is -2.09. The molecule has 0 aliphatic rings. The van der Waals surface area contributed by atoms with Gasteiger partial charge in [-0.25, -0.2) is 0 Å². The van der Waals surface area contributed by atoms with Crippen molar-refractivity contribution in [1.82, 2.24) is 0 Å². The van der Waals surface area contributed by atoms with Crippen molar-refractivity contribution in [1.29, 1.82) is 0 Å². The summed E-state index contributed by atoms with van der Waals surface area (Å²) in [5.74, 6) is 1.06. The van der Waals surface area contributed by atoms with E-state index in [0.717, 1.165) is 77.2 Å². The summed E-state index contributed by atoms with van der Waals surface area (Å²) in [6.45, 7) is -0.185. The molecule has 8 aromatic carbocycles. The molecule has 4 heteroatoms. The fourth-order valence-electron chi connectivity index (χ4n) is 7.23. The highest BCUT2D eigenvalue weighted by molar-refractivity contribution is 6.17. The molecule has 0 saturated carbocycles. The molecule has 0 atom stereocenters. The highest BCUT2D eigenvalue weighted by atomic mass is 16.5. The van der Waals surface area contributed by atoms with Crippen LogP contribution in [0, 0.1) is 0 Å². The molecule has 0 aromatic heterocycles. The van der Waals surface area contributed by atoms with E-state index in [9.17, 15) is 10.2 Å². The Balaban J connectivity index is 1.50. The van der Waals surface area contributed by atoms with Crippen LogP contribution in [0.15, 0.2) is 170 Å². The second-order valence-corrected chi connectivity index (χ2v) is 12.7. The Labute approximate surface area is 303 Å². The molecule has 4 nitrogen and oxygen atoms in total. The SMILES string of the molecule is OCCOc1c(OCCO)c(-c2ccc(-c3ccccc3)c3cc(-c4ccccc4)ccc23)c2ccc(-c3ccccc3)cc2c1-c1ccccc1. The Hall–Kier alpha value is -6.20. The van der Waals surface area contributed by atoms with Crippen LogP contribution in [0.5, 0.6) is 11.5 Å². The topological polar surface area (TPSA) is 58.9 Å². The zero-order valence-corrected chi connectivity index (χ0v) is 28.7. The standard InChI is InChI=1S/C48H38O4/c49-27-29-51-47-45(36-19-11-4-12-20-36)44-32-38(34-15-7-2-8-16-34)22-24-42(44)46(48(47)52-30-28-50)41-26-25-39(35-17-9-3-10-18-35)43-31-37(21-23-40(41)43)33-13-5-1-6-14-33/h1-26,31-32,49-50H,27-30H2. The lowest BCUT2D eigenvalue weighted by molar-refractivity contribution is 0.179. The summed E-state index contributed by atoms with van der Waals surface area (Å²) in [5.41, 5.74) is 10.4. The van der Waals surface area contributed by atoms with Gasteiger partial charge in [-0.15, -0.1) is 0 Å². The third kappa shape index (κ3) is 6.31. The van der Waals surface area contributed by atoms with Crippen LogP contribution in [0.2, 0.25) is 0 Å². The molecule has 0 bridgehead atoms. The van der Waals surface area contributed by atoms with Gasteiger partial charge in [-0.3, -0.25) is 0 Å². The average Bonchev–Trinajstić information content (AvgIpc) is 3.22. The number of hydrogen-bond acceptors (Lipinski definition) is 4. The van der Waals surface area contributed by atoms with Gasteiger partial charge in [0.05, 0.1) is 13.2 Å². The van der Waals surface area contributed by atoms with Gasteiger partial charge < -0.3 is 19.7 Å². The summed E-state index contributed by atoms with van der Waals surface area (Å²) < 4.78 is 13.1. The molecular weight excluding hydrogens is 641 g/mol. The first-order chi connectivity index (χ1) is 25.7. The number of fused-ring (bicyclic) bond motifs is 2. The summed E-state index contributed by atoms with van der Waals surface area (Å²) in [5, 5.41) is 24.3. The van der Waals surface area contributed by atoms with Crippen molar-refractivity contribution in [3.05, 3.63) is 170 Å². The summed E-state index contributed by atoms with van der Waals surface area (Å²) in [6, 6.07) is 59.1. The normalized spacial score (nSPS) is 11.2. The van der Waals surface area contributed by atoms with E-state index in [1.54, 1.807) is 0 Å². The van der Waals surface area contributed by atoms with Crippen LogP contribution in [0.3, 0.4) is 0 Å². The highest BCUT2D eigenvalue weighted by Crippen LogP contribution is 2.53. The zero-order chi connectivity index (χ0) is 35.3. The third-order valence-corrected chi connectivity index (χ3v) is 9.54. The maximum Gasteiger partial charge on any atom is 0.170 e. The lowest BCUT2D eigenvalue weighted by Gasteiger charge is -2.24. The third-order valence-electron chi connectivity index (χ3n) is 9.54. The number of aliphatic hydroxyl groups is 2. The molecule has 2 N–H and O–H groups in total. The largest absolute Gasteiger partial charge is 0.487 e. The number of hydrogen-bond donors (Lipinski definition) is 2. The first kappa shape index (κ1) is 33.0. The van der Waals surface area contributed by atoms with E-state index in [1.165, 1.54) is 0 Å². The van der Waals surface area contributed by atoms with Crippen LogP contribution >= 0.6 is 0 Å². The molecule has 0 aliphatic heterocycles. The van der Waals surface area contributed by atoms with E-state index in [2.05, 4.69) is 133 Å². The van der Waals surface area contributed by atoms with Gasteiger partial charge in [-0.2, -0.15) is 0 Å². The monoisotopic (exact) mass is 678 g/mol. The minimum absolute atomic E-state index is 0.0719. The van der Waals surface area contributed by atoms with Crippen LogP contribution in [0.25, 0.3) is 77.2 Å². The van der Waals surface area contributed by atoms with Crippen LogP contribution in [-0.4, -0.2) is 36.6 Å². The molecule has 0 heterocycles. The predicted molar refractivity (Wildman–Crippen MR) is 214 cm³/mol. The summed E-state index contributed by atoms with van der Waals surface area (Å²) >= 11 is 0. The second kappa shape index (κ2) is 15.0. The van der Waals surface area contributed by atoms with Crippen LogP contribution in [0.1, 0.15) is 0 Å². The maximum absolute atomic E-state index is 10.1. The Bertz CT molecular complexity index is 2460. The van der Waals surface area contributed by atoms with Gasteiger partial charge in [0.2, 0.25) is 0 Å². The Morgan fingerprint density at radius 1 is 0.327 bits per heavy atom. The smallest absolute Gasteiger partial charge is 0.170 e. The Kier molecular flexibility index (Phi) is 9.49. The molecule has 52 heavy (non-hydrogen) atoms. The summed E-state index contributed by atoms with van der Waals surface area (Å²) in [7, 11) is 0.